The van der Waals surface area contributed by atoms with Crippen LogP contribution in [0.5, 0.6) is 6.01 Å². The maximum atomic E-state index is 8.46. The van der Waals surface area contributed by atoms with Crippen molar-refractivity contribution in [2.24, 2.45) is 5.92 Å². The van der Waals surface area contributed by atoms with Gasteiger partial charge in [-0.1, -0.05) is 131 Å². The van der Waals surface area contributed by atoms with E-state index in [0.717, 1.165) is 40.5 Å². The number of hydrogen-bond donors (Lipinski definition) is 1. The molecule has 4 rings (SSSR count). The zero-order chi connectivity index (χ0) is 27.0. The molecule has 200 valence electrons. The van der Waals surface area contributed by atoms with E-state index in [1.165, 1.54) is 38.5 Å². The van der Waals surface area contributed by atoms with Crippen molar-refractivity contribution in [2.75, 3.05) is 6.61 Å². The van der Waals surface area contributed by atoms with Crippen LogP contribution in [0, 0.1) is 5.92 Å². The molecule has 0 aliphatic heterocycles. The summed E-state index contributed by atoms with van der Waals surface area (Å²) in [7, 11) is -0.833. The van der Waals surface area contributed by atoms with Crippen molar-refractivity contribution < 1.29 is 14.2 Å². The summed E-state index contributed by atoms with van der Waals surface area (Å²) in [6, 6.07) is 32.0. The van der Waals surface area contributed by atoms with Gasteiger partial charge in [-0.25, -0.2) is 4.57 Å². The molecular formula is C32H39N2O3P. The number of ether oxygens (including phenoxy) is 1. The van der Waals surface area contributed by atoms with Crippen LogP contribution in [0.3, 0.4) is 0 Å². The van der Waals surface area contributed by atoms with E-state index < -0.39 is 8.69 Å². The van der Waals surface area contributed by atoms with E-state index in [9.17, 15) is 0 Å². The Morgan fingerprint density at radius 3 is 1.89 bits per heavy atom. The second-order valence-electron chi connectivity index (χ2n) is 9.31. The monoisotopic (exact) mass is 530 g/mol. The second-order valence-corrected chi connectivity index (χ2v) is 9.47. The third-order valence-electron chi connectivity index (χ3n) is 6.85. The van der Waals surface area contributed by atoms with E-state index in [0.29, 0.717) is 12.6 Å². The first-order chi connectivity index (χ1) is 18.7. The van der Waals surface area contributed by atoms with Gasteiger partial charge in [0.1, 0.15) is 5.69 Å². The van der Waals surface area contributed by atoms with Crippen LogP contribution in [0.15, 0.2) is 91.0 Å². The Labute approximate surface area is 228 Å². The molecule has 5 nitrogen and oxygen atoms in total. The lowest BCUT2D eigenvalue weighted by atomic mass is 9.96. The number of para-hydroxylation sites is 1. The number of benzene rings is 3. The summed E-state index contributed by atoms with van der Waals surface area (Å²) in [6.45, 7) is 5.30. The molecule has 0 saturated carbocycles. The minimum absolute atomic E-state index is 0.658. The lowest BCUT2D eigenvalue weighted by Gasteiger charge is -2.14. The highest BCUT2D eigenvalue weighted by molar-refractivity contribution is 7.16. The number of aromatic nitrogens is 2. The summed E-state index contributed by atoms with van der Waals surface area (Å²) in [6.07, 6.45) is 8.80. The maximum Gasteiger partial charge on any atom is 0.324 e. The van der Waals surface area contributed by atoms with Gasteiger partial charge in [0.25, 0.3) is 0 Å². The number of unbranched alkanes of at least 4 members (excludes halogenated alkanes) is 3. The fourth-order valence-corrected chi connectivity index (χ4v) is 4.72. The third-order valence-corrected chi connectivity index (χ3v) is 6.85. The average molecular weight is 531 g/mol. The highest BCUT2D eigenvalue weighted by Gasteiger charge is 2.22. The molecule has 0 spiro atoms. The second kappa shape index (κ2) is 16.5. The smallest absolute Gasteiger partial charge is 0.324 e. The van der Waals surface area contributed by atoms with Crippen LogP contribution in [-0.2, 0) is 4.57 Å². The molecule has 0 bridgehead atoms. The average Bonchev–Trinajstić information content (AvgIpc) is 3.36. The molecular weight excluding hydrogens is 491 g/mol. The third kappa shape index (κ3) is 8.37. The fourth-order valence-electron chi connectivity index (χ4n) is 4.72. The topological polar surface area (TPSA) is 64.4 Å². The molecule has 0 radical (unpaired) electrons. The summed E-state index contributed by atoms with van der Waals surface area (Å²) in [5.74, 6) is 0.886. The van der Waals surface area contributed by atoms with Crippen molar-refractivity contribution in [3.63, 3.8) is 0 Å². The summed E-state index contributed by atoms with van der Waals surface area (Å²) < 4.78 is 17.0. The summed E-state index contributed by atoms with van der Waals surface area (Å²) in [4.78, 5) is 12.0. The highest BCUT2D eigenvalue weighted by atomic mass is 31.1. The fraction of sp³-hybridized carbons (Fsp3) is 0.344. The normalized spacial score (nSPS) is 10.8. The van der Waals surface area contributed by atoms with Gasteiger partial charge in [-0.05, 0) is 24.5 Å². The lowest BCUT2D eigenvalue weighted by Crippen LogP contribution is -2.05. The van der Waals surface area contributed by atoms with Crippen LogP contribution < -0.4 is 4.74 Å². The van der Waals surface area contributed by atoms with Gasteiger partial charge in [0.05, 0.1) is 18.0 Å². The molecule has 0 aliphatic carbocycles. The van der Waals surface area contributed by atoms with Gasteiger partial charge in [-0.3, -0.25) is 4.57 Å². The molecule has 0 saturated heterocycles. The van der Waals surface area contributed by atoms with E-state index in [2.05, 4.69) is 97.3 Å². The molecule has 4 aromatic rings. The first-order valence-corrected chi connectivity index (χ1v) is 14.4. The van der Waals surface area contributed by atoms with Crippen LogP contribution in [0.25, 0.3) is 28.2 Å². The first-order valence-electron chi connectivity index (χ1n) is 13.6. The Morgan fingerprint density at radius 2 is 1.32 bits per heavy atom. The standard InChI is InChI=1S/C32H38N2O.HO2P/c1-3-26(4-2)18-10-5-6-17-25-35-32-33-30(27-19-11-7-12-20-27)31(28-21-13-8-14-22-28)34(32)29-23-15-9-16-24-29;1-3-2/h7-9,11-16,19-24,26H,3-6,10,17-18,25H2,1-2H3;(H,1,2). The minimum Gasteiger partial charge on any atom is -0.464 e. The minimum atomic E-state index is -0.833. The van der Waals surface area contributed by atoms with Gasteiger partial charge in [-0.2, -0.15) is 4.98 Å². The number of imidazole rings is 1. The Balaban J connectivity index is 0.00000127. The maximum absolute atomic E-state index is 8.46. The molecule has 1 heterocycles. The molecule has 6 heteroatoms. The zero-order valence-corrected chi connectivity index (χ0v) is 23.4. The van der Waals surface area contributed by atoms with Gasteiger partial charge in [0.15, 0.2) is 0 Å². The van der Waals surface area contributed by atoms with E-state index in [-0.39, 0.29) is 0 Å². The molecule has 0 atom stereocenters. The SMILES string of the molecule is CCC(CC)CCCCCCOc1nc(-c2ccccc2)c(-c2ccccc2)n1-c1ccccc1.O=PO. The molecule has 1 aromatic heterocycles. The highest BCUT2D eigenvalue weighted by Crippen LogP contribution is 2.37. The summed E-state index contributed by atoms with van der Waals surface area (Å²) in [5.41, 5.74) is 5.27. The van der Waals surface area contributed by atoms with E-state index in [4.69, 9.17) is 19.2 Å². The molecule has 1 N–H and O–H groups in total. The largest absolute Gasteiger partial charge is 0.464 e. The number of hydrogen-bond acceptors (Lipinski definition) is 3. The molecule has 0 amide bonds. The molecule has 0 unspecified atom stereocenters. The van der Waals surface area contributed by atoms with Gasteiger partial charge < -0.3 is 9.63 Å². The zero-order valence-electron chi connectivity index (χ0n) is 22.5. The van der Waals surface area contributed by atoms with Crippen LogP contribution in [0.2, 0.25) is 0 Å². The van der Waals surface area contributed by atoms with Gasteiger partial charge >= 0.3 is 14.7 Å². The van der Waals surface area contributed by atoms with Crippen LogP contribution in [0.4, 0.5) is 0 Å². The van der Waals surface area contributed by atoms with Gasteiger partial charge in [0.2, 0.25) is 0 Å². The van der Waals surface area contributed by atoms with Crippen LogP contribution in [-0.4, -0.2) is 21.1 Å². The van der Waals surface area contributed by atoms with Crippen molar-refractivity contribution in [1.82, 2.24) is 9.55 Å². The van der Waals surface area contributed by atoms with E-state index >= 15 is 0 Å². The van der Waals surface area contributed by atoms with Gasteiger partial charge in [0, 0.05) is 11.1 Å². The summed E-state index contributed by atoms with van der Waals surface area (Å²) in [5, 5.41) is 0. The van der Waals surface area contributed by atoms with Gasteiger partial charge in [-0.15, -0.1) is 0 Å². The molecule has 0 fully saturated rings. The quantitative estimate of drug-likeness (QED) is 0.138. The number of nitrogens with zero attached hydrogens (tertiary/aromatic N) is 2. The van der Waals surface area contributed by atoms with E-state index in [1.54, 1.807) is 0 Å². The predicted molar refractivity (Wildman–Crippen MR) is 157 cm³/mol. The molecule has 38 heavy (non-hydrogen) atoms. The first kappa shape index (κ1) is 29.3. The van der Waals surface area contributed by atoms with Crippen LogP contribution >= 0.6 is 8.69 Å². The molecule has 3 aromatic carbocycles. The Bertz CT molecular complexity index is 1190. The molecule has 0 aliphatic rings. The van der Waals surface area contributed by atoms with Crippen LogP contribution in [0.1, 0.15) is 58.8 Å². The predicted octanol–water partition coefficient (Wildman–Crippen LogP) is 9.16. The summed E-state index contributed by atoms with van der Waals surface area (Å²) >= 11 is 0. The van der Waals surface area contributed by atoms with Crippen molar-refractivity contribution in [1.29, 1.82) is 0 Å². The Morgan fingerprint density at radius 1 is 0.789 bits per heavy atom. The van der Waals surface area contributed by atoms with Crippen molar-refractivity contribution in [3.05, 3.63) is 91.0 Å². The Hall–Kier alpha value is -3.27. The van der Waals surface area contributed by atoms with Crippen molar-refractivity contribution in [2.45, 2.75) is 58.8 Å². The Kier molecular flexibility index (Phi) is 12.8. The van der Waals surface area contributed by atoms with Crippen molar-refractivity contribution in [3.8, 4) is 34.2 Å². The van der Waals surface area contributed by atoms with Crippen molar-refractivity contribution >= 4 is 8.69 Å². The van der Waals surface area contributed by atoms with E-state index in [1.807, 2.05) is 12.1 Å². The number of rotatable bonds is 13. The lowest BCUT2D eigenvalue weighted by molar-refractivity contribution is 0.277.